The van der Waals surface area contributed by atoms with Gasteiger partial charge in [-0.3, -0.25) is 0 Å². The van der Waals surface area contributed by atoms with Crippen LogP contribution in [0.1, 0.15) is 0 Å². The van der Waals surface area contributed by atoms with Crippen molar-refractivity contribution in [2.45, 2.75) is 0 Å². The molecule has 0 aliphatic rings. The lowest BCUT2D eigenvalue weighted by Crippen LogP contribution is -1.96. The Morgan fingerprint density at radius 3 is 0.597 bits per heavy atom. The topological polar surface area (TPSA) is 25.8 Å². The lowest BCUT2D eigenvalue weighted by molar-refractivity contribution is 1.18. The Morgan fingerprint density at radius 1 is 0.139 bits per heavy atom. The molecule has 2 nitrogen and oxygen atoms in total. The zero-order valence-corrected chi connectivity index (χ0v) is 39.6. The Kier molecular flexibility index (Phi) is 12.1. The van der Waals surface area contributed by atoms with Gasteiger partial charge in [0.1, 0.15) is 0 Å². The van der Waals surface area contributed by atoms with Crippen molar-refractivity contribution in [3.8, 4) is 123 Å². The molecule has 0 N–H and O–H groups in total. The normalized spacial score (nSPS) is 11.1. The second kappa shape index (κ2) is 19.8. The molecule has 0 amide bonds. The second-order valence-corrected chi connectivity index (χ2v) is 18.2. The van der Waals surface area contributed by atoms with Crippen molar-refractivity contribution in [3.05, 3.63) is 291 Å². The highest BCUT2D eigenvalue weighted by Crippen LogP contribution is 2.36. The van der Waals surface area contributed by atoms with Gasteiger partial charge in [0.2, 0.25) is 0 Å². The van der Waals surface area contributed by atoms with E-state index in [4.69, 9.17) is 9.97 Å². The molecular formula is C70H48N2. The van der Waals surface area contributed by atoms with Crippen LogP contribution in [0.4, 0.5) is 0 Å². The first-order chi connectivity index (χ1) is 35.6. The van der Waals surface area contributed by atoms with E-state index in [2.05, 4.69) is 291 Å². The van der Waals surface area contributed by atoms with Gasteiger partial charge in [-0.05, 0) is 125 Å². The first kappa shape index (κ1) is 43.8. The van der Waals surface area contributed by atoms with Gasteiger partial charge in [-0.2, -0.15) is 0 Å². The number of hydrogen-bond acceptors (Lipinski definition) is 2. The summed E-state index contributed by atoms with van der Waals surface area (Å²) >= 11 is 0. The van der Waals surface area contributed by atoms with Crippen LogP contribution in [-0.2, 0) is 0 Å². The number of hydrogen-bond donors (Lipinski definition) is 0. The Hall–Kier alpha value is -9.50. The van der Waals surface area contributed by atoms with Gasteiger partial charge >= 0.3 is 0 Å². The van der Waals surface area contributed by atoms with Crippen LogP contribution in [0, 0.1) is 0 Å². The van der Waals surface area contributed by atoms with Crippen LogP contribution in [0.3, 0.4) is 0 Å². The maximum atomic E-state index is 5.26. The lowest BCUT2D eigenvalue weighted by Gasteiger charge is -2.12. The monoisotopic (exact) mass is 916 g/mol. The molecule has 0 spiro atoms. The van der Waals surface area contributed by atoms with Crippen LogP contribution in [0.25, 0.3) is 123 Å². The molecule has 72 heavy (non-hydrogen) atoms. The number of rotatable bonds is 11. The maximum absolute atomic E-state index is 5.26. The summed E-state index contributed by atoms with van der Waals surface area (Å²) in [5, 5.41) is 0. The second-order valence-electron chi connectivity index (χ2n) is 18.2. The number of benzene rings is 11. The highest BCUT2D eigenvalue weighted by atomic mass is 14.9. The summed E-state index contributed by atoms with van der Waals surface area (Å²) in [4.78, 5) is 10.5. The standard InChI is InChI=1S/C70H48N2/c1-4-15-49(16-5-1)58-21-10-24-61(43-58)54-35-41-57(42-36-54)70-71-68(55-37-31-52(32-38-55)62-25-13-29-66(46-62)64-27-11-22-59(44-64)50-17-6-2-7-18-50)48-69(72-70)56-39-33-53(34-40-56)63-26-14-30-67(47-63)65-28-12-23-60(45-65)51-19-8-3-9-20-51/h1-48H. The first-order valence-corrected chi connectivity index (χ1v) is 24.5. The van der Waals surface area contributed by atoms with Crippen molar-refractivity contribution in [2.75, 3.05) is 0 Å². The van der Waals surface area contributed by atoms with Crippen LogP contribution in [0.2, 0.25) is 0 Å². The summed E-state index contributed by atoms with van der Waals surface area (Å²) in [6.07, 6.45) is 0. The summed E-state index contributed by atoms with van der Waals surface area (Å²) < 4.78 is 0. The molecule has 0 fully saturated rings. The molecule has 12 rings (SSSR count). The van der Waals surface area contributed by atoms with Crippen LogP contribution in [-0.4, -0.2) is 9.97 Å². The quantitative estimate of drug-likeness (QED) is 0.129. The molecule has 0 unspecified atom stereocenters. The molecule has 11 aromatic carbocycles. The van der Waals surface area contributed by atoms with E-state index in [1.165, 1.54) is 55.6 Å². The van der Waals surface area contributed by atoms with Crippen molar-refractivity contribution in [3.63, 3.8) is 0 Å². The van der Waals surface area contributed by atoms with E-state index in [1.807, 2.05) is 0 Å². The minimum Gasteiger partial charge on any atom is -0.228 e. The van der Waals surface area contributed by atoms with Gasteiger partial charge in [0, 0.05) is 16.7 Å². The smallest absolute Gasteiger partial charge is 0.160 e. The minimum absolute atomic E-state index is 0.677. The Bertz CT molecular complexity index is 3620. The summed E-state index contributed by atoms with van der Waals surface area (Å²) in [5.74, 6) is 0.677. The molecule has 0 saturated heterocycles. The fraction of sp³-hybridized carbons (Fsp3) is 0. The lowest BCUT2D eigenvalue weighted by atomic mass is 9.95. The molecule has 0 atom stereocenters. The molecule has 12 aromatic rings. The fourth-order valence-electron chi connectivity index (χ4n) is 9.63. The zero-order chi connectivity index (χ0) is 48.1. The van der Waals surface area contributed by atoms with Gasteiger partial charge in [-0.25, -0.2) is 9.97 Å². The maximum Gasteiger partial charge on any atom is 0.160 e. The van der Waals surface area contributed by atoms with E-state index in [-0.39, 0.29) is 0 Å². The van der Waals surface area contributed by atoms with E-state index in [0.29, 0.717) is 5.82 Å². The van der Waals surface area contributed by atoms with Gasteiger partial charge in [0.25, 0.3) is 0 Å². The first-order valence-electron chi connectivity index (χ1n) is 24.5. The van der Waals surface area contributed by atoms with Gasteiger partial charge in [0.05, 0.1) is 11.4 Å². The van der Waals surface area contributed by atoms with Crippen molar-refractivity contribution in [1.29, 1.82) is 0 Å². The third-order valence-corrected chi connectivity index (χ3v) is 13.5. The summed E-state index contributed by atoms with van der Waals surface area (Å²) in [6.45, 7) is 0. The Labute approximate surface area is 421 Å². The van der Waals surface area contributed by atoms with Crippen molar-refractivity contribution in [2.24, 2.45) is 0 Å². The van der Waals surface area contributed by atoms with E-state index in [1.54, 1.807) is 0 Å². The Morgan fingerprint density at radius 2 is 0.333 bits per heavy atom. The molecule has 1 heterocycles. The van der Waals surface area contributed by atoms with Gasteiger partial charge in [0.15, 0.2) is 5.82 Å². The van der Waals surface area contributed by atoms with E-state index in [0.717, 1.165) is 61.5 Å². The molecule has 0 aliphatic carbocycles. The van der Waals surface area contributed by atoms with E-state index >= 15 is 0 Å². The third-order valence-electron chi connectivity index (χ3n) is 13.5. The molecule has 0 radical (unpaired) electrons. The predicted octanol–water partition coefficient (Wildman–Crippen LogP) is 18.8. The summed E-state index contributed by atoms with van der Waals surface area (Å²) in [6, 6.07) is 104. The Balaban J connectivity index is 0.867. The molecule has 1 aromatic heterocycles. The summed E-state index contributed by atoms with van der Waals surface area (Å²) in [7, 11) is 0. The van der Waals surface area contributed by atoms with Crippen LogP contribution in [0.5, 0.6) is 0 Å². The molecule has 2 heteroatoms. The molecule has 338 valence electrons. The largest absolute Gasteiger partial charge is 0.228 e. The SMILES string of the molecule is c1ccc(-c2cccc(-c3ccc(-c4nc(-c5ccc(-c6cccc(-c7cccc(-c8ccccc8)c7)c6)cc5)cc(-c5ccc(-c6cccc(-c7cccc(-c8ccccc8)c7)c6)cc5)n4)cc3)c2)cc1. The molecule has 0 aliphatic heterocycles. The van der Waals surface area contributed by atoms with Crippen LogP contribution in [0.15, 0.2) is 291 Å². The highest BCUT2D eigenvalue weighted by molar-refractivity contribution is 5.82. The van der Waals surface area contributed by atoms with Gasteiger partial charge < -0.3 is 0 Å². The molecular weight excluding hydrogens is 869 g/mol. The van der Waals surface area contributed by atoms with Crippen LogP contribution >= 0.6 is 0 Å². The fourth-order valence-corrected chi connectivity index (χ4v) is 9.63. The minimum atomic E-state index is 0.677. The van der Waals surface area contributed by atoms with Gasteiger partial charge in [-0.15, -0.1) is 0 Å². The van der Waals surface area contributed by atoms with Gasteiger partial charge in [-0.1, -0.05) is 255 Å². The van der Waals surface area contributed by atoms with Crippen molar-refractivity contribution < 1.29 is 0 Å². The van der Waals surface area contributed by atoms with E-state index < -0.39 is 0 Å². The average molecular weight is 917 g/mol. The number of nitrogens with zero attached hydrogens (tertiary/aromatic N) is 2. The molecule has 0 bridgehead atoms. The van der Waals surface area contributed by atoms with Crippen molar-refractivity contribution in [1.82, 2.24) is 9.97 Å². The molecule has 0 saturated carbocycles. The summed E-state index contributed by atoms with van der Waals surface area (Å²) in [5.41, 5.74) is 23.6. The average Bonchev–Trinajstić information content (AvgIpc) is 3.48. The zero-order valence-electron chi connectivity index (χ0n) is 39.6. The highest BCUT2D eigenvalue weighted by Gasteiger charge is 2.14. The third kappa shape index (κ3) is 9.46. The predicted molar refractivity (Wildman–Crippen MR) is 302 cm³/mol. The van der Waals surface area contributed by atoms with Crippen molar-refractivity contribution >= 4 is 0 Å². The van der Waals surface area contributed by atoms with E-state index in [9.17, 15) is 0 Å². The van der Waals surface area contributed by atoms with Crippen LogP contribution < -0.4 is 0 Å². The number of aromatic nitrogens is 2.